The van der Waals surface area contributed by atoms with Gasteiger partial charge in [0.1, 0.15) is 5.78 Å². The first-order valence-electron chi connectivity index (χ1n) is 24.1. The van der Waals surface area contributed by atoms with E-state index in [4.69, 9.17) is 5.73 Å². The molecular formula is C55H69N5O8S2. The van der Waals surface area contributed by atoms with Gasteiger partial charge in [-0.05, 0) is 92.1 Å². The van der Waals surface area contributed by atoms with Gasteiger partial charge in [0.25, 0.3) is 0 Å². The first-order valence-corrected chi connectivity index (χ1v) is 27.3. The highest BCUT2D eigenvalue weighted by molar-refractivity contribution is 7.88. The molecule has 0 aliphatic rings. The number of nitrogens with one attached hydrogen (secondary N) is 2. The van der Waals surface area contributed by atoms with Gasteiger partial charge in [-0.15, -0.1) is 0 Å². The standard InChI is InChI=1S/C55H69N5O8S2/c1-3-50(34-45-23-11-5-12-24-45)55(64)57-51(35-46-25-13-6-14-26-46)39-60(70(67,68)42-48-29-17-8-18-30-48)40-54(63)58-52(31-19-20-32-56)53(62)36-49(33-44-21-9-4-10-22-44)38-59(37-43(2)61)69(65,66)41-47-27-15-7-16-28-47/h4-18,21-30,49-52H,3,19-20,31-42,56H2,1-2H3,(H,57,64)(H,58,63)/t49-,50+,51+,52+/m1/s1. The number of benzene rings is 5. The summed E-state index contributed by atoms with van der Waals surface area (Å²) in [5, 5.41) is 6.02. The Morgan fingerprint density at radius 2 is 1.00 bits per heavy atom. The number of rotatable bonds is 31. The van der Waals surface area contributed by atoms with Crippen LogP contribution in [-0.2, 0) is 70.0 Å². The average molecular weight is 992 g/mol. The van der Waals surface area contributed by atoms with Crippen molar-refractivity contribution in [3.8, 4) is 0 Å². The van der Waals surface area contributed by atoms with Gasteiger partial charge in [0.05, 0.1) is 30.6 Å². The van der Waals surface area contributed by atoms with Gasteiger partial charge in [0.15, 0.2) is 5.78 Å². The lowest BCUT2D eigenvalue weighted by Gasteiger charge is -2.30. The van der Waals surface area contributed by atoms with Crippen molar-refractivity contribution in [1.29, 1.82) is 0 Å². The molecule has 5 aromatic rings. The molecule has 0 aliphatic heterocycles. The van der Waals surface area contributed by atoms with Crippen LogP contribution in [-0.4, -0.2) is 93.6 Å². The van der Waals surface area contributed by atoms with Crippen LogP contribution in [0.15, 0.2) is 152 Å². The summed E-state index contributed by atoms with van der Waals surface area (Å²) in [6.07, 6.45) is 2.69. The summed E-state index contributed by atoms with van der Waals surface area (Å²) in [6, 6.07) is 43.9. The molecule has 0 bridgehead atoms. The minimum Gasteiger partial charge on any atom is -0.351 e. The molecule has 4 N–H and O–H groups in total. The summed E-state index contributed by atoms with van der Waals surface area (Å²) < 4.78 is 59.3. The quantitative estimate of drug-likeness (QED) is 0.0407. The van der Waals surface area contributed by atoms with Crippen molar-refractivity contribution in [2.45, 2.75) is 88.8 Å². The monoisotopic (exact) mass is 991 g/mol. The smallest absolute Gasteiger partial charge is 0.235 e. The lowest BCUT2D eigenvalue weighted by molar-refractivity contribution is -0.128. The number of amides is 2. The van der Waals surface area contributed by atoms with Crippen LogP contribution in [0.2, 0.25) is 0 Å². The normalized spacial score (nSPS) is 13.6. The van der Waals surface area contributed by atoms with Crippen molar-refractivity contribution in [2.75, 3.05) is 32.7 Å². The third-order valence-electron chi connectivity index (χ3n) is 12.2. The van der Waals surface area contributed by atoms with E-state index < -0.39 is 62.2 Å². The van der Waals surface area contributed by atoms with Gasteiger partial charge in [-0.1, -0.05) is 159 Å². The zero-order valence-electron chi connectivity index (χ0n) is 40.4. The maximum absolute atomic E-state index is 14.6. The van der Waals surface area contributed by atoms with Crippen molar-refractivity contribution in [3.05, 3.63) is 179 Å². The van der Waals surface area contributed by atoms with Crippen LogP contribution in [0.4, 0.5) is 0 Å². The van der Waals surface area contributed by atoms with Gasteiger partial charge >= 0.3 is 0 Å². The highest BCUT2D eigenvalue weighted by atomic mass is 32.2. The maximum atomic E-state index is 14.6. The number of carbonyl (C=O) groups is 4. The molecule has 0 aromatic heterocycles. The Kier molecular flexibility index (Phi) is 22.1. The van der Waals surface area contributed by atoms with Crippen molar-refractivity contribution >= 4 is 43.4 Å². The van der Waals surface area contributed by atoms with Crippen LogP contribution in [0.1, 0.15) is 73.8 Å². The number of nitrogens with zero attached hydrogens (tertiary/aromatic N) is 2. The Bertz CT molecular complexity index is 2610. The van der Waals surface area contributed by atoms with Crippen LogP contribution >= 0.6 is 0 Å². The Morgan fingerprint density at radius 3 is 1.46 bits per heavy atom. The van der Waals surface area contributed by atoms with Crippen LogP contribution in [0, 0.1) is 11.8 Å². The molecule has 15 heteroatoms. The number of nitrogens with two attached hydrogens (primary N) is 1. The third-order valence-corrected chi connectivity index (χ3v) is 15.7. The molecule has 5 rings (SSSR count). The van der Waals surface area contributed by atoms with Gasteiger partial charge in [0.2, 0.25) is 31.9 Å². The summed E-state index contributed by atoms with van der Waals surface area (Å²) in [5.41, 5.74) is 9.64. The lowest BCUT2D eigenvalue weighted by atomic mass is 9.90. The fourth-order valence-corrected chi connectivity index (χ4v) is 11.7. The fraction of sp³-hybridized carbons (Fsp3) is 0.382. The van der Waals surface area contributed by atoms with Gasteiger partial charge in [-0.2, -0.15) is 8.61 Å². The minimum atomic E-state index is -4.23. The Morgan fingerprint density at radius 1 is 0.557 bits per heavy atom. The number of carbonyl (C=O) groups excluding carboxylic acids is 4. The molecule has 0 fully saturated rings. The molecule has 0 aliphatic carbocycles. The largest absolute Gasteiger partial charge is 0.351 e. The molecule has 4 atom stereocenters. The highest BCUT2D eigenvalue weighted by Gasteiger charge is 2.33. The number of hydrogen-bond donors (Lipinski definition) is 3. The van der Waals surface area contributed by atoms with Gasteiger partial charge in [-0.25, -0.2) is 16.8 Å². The number of unbranched alkanes of at least 4 members (excludes halogenated alkanes) is 1. The number of hydrogen-bond acceptors (Lipinski definition) is 9. The van der Waals surface area contributed by atoms with Crippen LogP contribution in [0.25, 0.3) is 0 Å². The van der Waals surface area contributed by atoms with E-state index >= 15 is 0 Å². The van der Waals surface area contributed by atoms with E-state index in [1.165, 1.54) is 6.92 Å². The summed E-state index contributed by atoms with van der Waals surface area (Å²) in [7, 11) is -8.26. The molecule has 0 spiro atoms. The number of ketones is 2. The molecule has 0 saturated carbocycles. The molecule has 5 aromatic carbocycles. The van der Waals surface area contributed by atoms with Crippen LogP contribution < -0.4 is 16.4 Å². The Balaban J connectivity index is 1.43. The molecule has 374 valence electrons. The fourth-order valence-electron chi connectivity index (χ4n) is 8.57. The third kappa shape index (κ3) is 18.8. The van der Waals surface area contributed by atoms with Gasteiger partial charge < -0.3 is 16.4 Å². The molecule has 0 saturated heterocycles. The lowest BCUT2D eigenvalue weighted by Crippen LogP contribution is -2.52. The second-order valence-corrected chi connectivity index (χ2v) is 22.0. The van der Waals surface area contributed by atoms with E-state index in [0.29, 0.717) is 49.8 Å². The zero-order valence-corrected chi connectivity index (χ0v) is 42.0. The SMILES string of the molecule is CC[C@@H](Cc1ccccc1)C(=O)N[C@@H](Cc1ccccc1)CN(CC(=O)N[C@@H](CCCCN)C(=O)C[C@@H](Cc1ccccc1)CN(CC(C)=O)S(=O)(=O)Cc1ccccc1)S(=O)(=O)Cc1ccccc1. The summed E-state index contributed by atoms with van der Waals surface area (Å²) in [4.78, 5) is 55.6. The molecule has 70 heavy (non-hydrogen) atoms. The van der Waals surface area contributed by atoms with Crippen LogP contribution in [0.3, 0.4) is 0 Å². The van der Waals surface area contributed by atoms with Crippen molar-refractivity contribution in [3.63, 3.8) is 0 Å². The van der Waals surface area contributed by atoms with E-state index in [1.54, 1.807) is 60.7 Å². The highest BCUT2D eigenvalue weighted by Crippen LogP contribution is 2.22. The minimum absolute atomic E-state index is 0.136. The topological polar surface area (TPSA) is 193 Å². The van der Waals surface area contributed by atoms with Gasteiger partial charge in [-0.3, -0.25) is 19.2 Å². The predicted octanol–water partition coefficient (Wildman–Crippen LogP) is 6.67. The summed E-state index contributed by atoms with van der Waals surface area (Å²) in [5.74, 6) is -3.43. The van der Waals surface area contributed by atoms with E-state index in [2.05, 4.69) is 10.6 Å². The molecule has 0 radical (unpaired) electrons. The van der Waals surface area contributed by atoms with Crippen molar-refractivity contribution < 1.29 is 36.0 Å². The molecule has 2 amide bonds. The predicted molar refractivity (Wildman–Crippen MR) is 276 cm³/mol. The van der Waals surface area contributed by atoms with Crippen molar-refractivity contribution in [2.24, 2.45) is 17.6 Å². The molecule has 0 unspecified atom stereocenters. The number of Topliss-reactive ketones (excluding diaryl/α,β-unsaturated/α-hetero) is 2. The second-order valence-electron chi connectivity index (χ2n) is 18.1. The maximum Gasteiger partial charge on any atom is 0.235 e. The van der Waals surface area contributed by atoms with Gasteiger partial charge in [0, 0.05) is 31.5 Å². The van der Waals surface area contributed by atoms with Crippen molar-refractivity contribution in [1.82, 2.24) is 19.2 Å². The first kappa shape index (κ1) is 55.1. The summed E-state index contributed by atoms with van der Waals surface area (Å²) in [6.45, 7) is 2.20. The van der Waals surface area contributed by atoms with Crippen LogP contribution in [0.5, 0.6) is 0 Å². The Labute approximate surface area is 415 Å². The zero-order chi connectivity index (χ0) is 50.4. The molecule has 13 nitrogen and oxygen atoms in total. The average Bonchev–Trinajstić information content (AvgIpc) is 3.33. The van der Waals surface area contributed by atoms with E-state index in [1.807, 2.05) is 97.9 Å². The van der Waals surface area contributed by atoms with E-state index in [9.17, 15) is 36.0 Å². The van der Waals surface area contributed by atoms with E-state index in [0.717, 1.165) is 25.3 Å². The summed E-state index contributed by atoms with van der Waals surface area (Å²) >= 11 is 0. The molecular weight excluding hydrogens is 923 g/mol. The second kappa shape index (κ2) is 28.1. The van der Waals surface area contributed by atoms with E-state index in [-0.39, 0.29) is 62.1 Å². The first-order chi connectivity index (χ1) is 33.6. The molecule has 0 heterocycles. The number of sulfonamides is 2. The Hall–Kier alpha value is -5.84.